The van der Waals surface area contributed by atoms with Crippen molar-refractivity contribution in [1.82, 2.24) is 0 Å². The van der Waals surface area contributed by atoms with Crippen molar-refractivity contribution in [3.05, 3.63) is 70.5 Å². The third-order valence-electron chi connectivity index (χ3n) is 4.15. The summed E-state index contributed by atoms with van der Waals surface area (Å²) in [5.41, 5.74) is 12.3. The molecule has 3 aromatic rings. The number of benzene rings is 2. The molecule has 2 aromatic carbocycles. The number of para-hydroxylation sites is 1. The lowest BCUT2D eigenvalue weighted by atomic mass is 10.00. The quantitative estimate of drug-likeness (QED) is 0.761. The van der Waals surface area contributed by atoms with Gasteiger partial charge in [-0.2, -0.15) is 0 Å². The van der Waals surface area contributed by atoms with Crippen molar-refractivity contribution in [2.75, 3.05) is 0 Å². The highest BCUT2D eigenvalue weighted by Crippen LogP contribution is 2.27. The maximum Gasteiger partial charge on any atom is 0.137 e. The van der Waals surface area contributed by atoms with E-state index in [0.29, 0.717) is 0 Å². The molecule has 1 unspecified atom stereocenters. The first-order chi connectivity index (χ1) is 10.0. The van der Waals surface area contributed by atoms with E-state index in [9.17, 15) is 0 Å². The Morgan fingerprint density at radius 3 is 2.48 bits per heavy atom. The van der Waals surface area contributed by atoms with Crippen molar-refractivity contribution in [2.45, 2.75) is 33.2 Å². The largest absolute Gasteiger partial charge is 0.459 e. The average molecular weight is 279 g/mol. The topological polar surface area (TPSA) is 39.2 Å². The number of nitrogens with two attached hydrogens (primary N) is 1. The molecule has 0 saturated heterocycles. The Morgan fingerprint density at radius 1 is 0.952 bits per heavy atom. The van der Waals surface area contributed by atoms with E-state index < -0.39 is 0 Å². The minimum absolute atomic E-state index is 0.112. The molecule has 2 heteroatoms. The minimum Gasteiger partial charge on any atom is -0.459 e. The summed E-state index contributed by atoms with van der Waals surface area (Å²) < 4.78 is 5.96. The predicted octanol–water partition coefficient (Wildman–Crippen LogP) is 4.60. The second-order valence-electron chi connectivity index (χ2n) is 5.87. The summed E-state index contributed by atoms with van der Waals surface area (Å²) >= 11 is 0. The Hall–Kier alpha value is -2.06. The zero-order chi connectivity index (χ0) is 15.0. The summed E-state index contributed by atoms with van der Waals surface area (Å²) in [5.74, 6) is 0.859. The van der Waals surface area contributed by atoms with Crippen LogP contribution < -0.4 is 5.73 Å². The van der Waals surface area contributed by atoms with Crippen molar-refractivity contribution in [1.29, 1.82) is 0 Å². The van der Waals surface area contributed by atoms with E-state index in [0.717, 1.165) is 28.7 Å². The molecule has 0 bridgehead atoms. The van der Waals surface area contributed by atoms with E-state index >= 15 is 0 Å². The summed E-state index contributed by atoms with van der Waals surface area (Å²) in [5, 5.41) is 1.13. The monoisotopic (exact) mass is 279 g/mol. The van der Waals surface area contributed by atoms with Crippen molar-refractivity contribution in [3.63, 3.8) is 0 Å². The zero-order valence-corrected chi connectivity index (χ0v) is 12.8. The van der Waals surface area contributed by atoms with E-state index in [1.807, 2.05) is 6.07 Å². The molecule has 1 aromatic heterocycles. The number of furan rings is 1. The second kappa shape index (κ2) is 5.38. The van der Waals surface area contributed by atoms with Crippen LogP contribution in [-0.2, 0) is 6.42 Å². The number of hydrogen-bond acceptors (Lipinski definition) is 2. The maximum absolute atomic E-state index is 6.34. The van der Waals surface area contributed by atoms with Crippen LogP contribution in [0.2, 0.25) is 0 Å². The van der Waals surface area contributed by atoms with Gasteiger partial charge < -0.3 is 10.2 Å². The number of hydrogen-bond donors (Lipinski definition) is 1. The molecule has 2 nitrogen and oxygen atoms in total. The first-order valence-corrected chi connectivity index (χ1v) is 7.35. The van der Waals surface area contributed by atoms with Gasteiger partial charge in [0, 0.05) is 5.39 Å². The lowest BCUT2D eigenvalue weighted by Crippen LogP contribution is -2.12. The molecule has 0 aliphatic rings. The molecule has 0 amide bonds. The van der Waals surface area contributed by atoms with Gasteiger partial charge in [-0.05, 0) is 55.5 Å². The van der Waals surface area contributed by atoms with Gasteiger partial charge in [-0.25, -0.2) is 0 Å². The standard InChI is InChI=1S/C19H21NO/c1-12-7-8-15(9-14(12)3)10-17(20)18-11-16-6-4-5-13(2)19(16)21-18/h4-9,11,17H,10,20H2,1-3H3. The summed E-state index contributed by atoms with van der Waals surface area (Å²) in [6.45, 7) is 6.32. The molecule has 0 aliphatic carbocycles. The highest BCUT2D eigenvalue weighted by Gasteiger charge is 2.14. The fourth-order valence-corrected chi connectivity index (χ4v) is 2.70. The summed E-state index contributed by atoms with van der Waals surface area (Å²) in [7, 11) is 0. The number of rotatable bonds is 3. The van der Waals surface area contributed by atoms with Gasteiger partial charge in [0.2, 0.25) is 0 Å². The van der Waals surface area contributed by atoms with E-state index in [1.54, 1.807) is 0 Å². The van der Waals surface area contributed by atoms with Crippen molar-refractivity contribution < 1.29 is 4.42 Å². The van der Waals surface area contributed by atoms with Gasteiger partial charge in [0.15, 0.2) is 0 Å². The smallest absolute Gasteiger partial charge is 0.137 e. The fourth-order valence-electron chi connectivity index (χ4n) is 2.70. The van der Waals surface area contributed by atoms with Gasteiger partial charge >= 0.3 is 0 Å². The van der Waals surface area contributed by atoms with Crippen LogP contribution in [0.1, 0.15) is 34.1 Å². The normalized spacial score (nSPS) is 12.8. The molecule has 108 valence electrons. The van der Waals surface area contributed by atoms with Crippen LogP contribution in [-0.4, -0.2) is 0 Å². The average Bonchev–Trinajstić information content (AvgIpc) is 2.89. The van der Waals surface area contributed by atoms with Crippen molar-refractivity contribution in [2.24, 2.45) is 5.73 Å². The molecule has 3 rings (SSSR count). The van der Waals surface area contributed by atoms with Gasteiger partial charge in [0.1, 0.15) is 11.3 Å². The highest BCUT2D eigenvalue weighted by atomic mass is 16.3. The molecular weight excluding hydrogens is 258 g/mol. The van der Waals surface area contributed by atoms with Crippen LogP contribution in [0.5, 0.6) is 0 Å². The molecule has 0 radical (unpaired) electrons. The maximum atomic E-state index is 6.34. The van der Waals surface area contributed by atoms with Crippen molar-refractivity contribution in [3.8, 4) is 0 Å². The SMILES string of the molecule is Cc1ccc(CC(N)c2cc3cccc(C)c3o2)cc1C. The first-order valence-electron chi connectivity index (χ1n) is 7.35. The van der Waals surface area contributed by atoms with Crippen LogP contribution >= 0.6 is 0 Å². The summed E-state index contributed by atoms with van der Waals surface area (Å²) in [6, 6.07) is 14.6. The first kappa shape index (κ1) is 13.9. The Morgan fingerprint density at radius 2 is 1.76 bits per heavy atom. The summed E-state index contributed by atoms with van der Waals surface area (Å²) in [6.07, 6.45) is 0.792. The molecule has 2 N–H and O–H groups in total. The fraction of sp³-hybridized carbons (Fsp3) is 0.263. The van der Waals surface area contributed by atoms with Crippen LogP contribution in [0.3, 0.4) is 0 Å². The van der Waals surface area contributed by atoms with Crippen molar-refractivity contribution >= 4 is 11.0 Å². The van der Waals surface area contributed by atoms with E-state index in [1.165, 1.54) is 16.7 Å². The molecule has 21 heavy (non-hydrogen) atoms. The molecule has 1 heterocycles. The molecule has 0 aliphatic heterocycles. The van der Waals surface area contributed by atoms with Gasteiger partial charge in [0.05, 0.1) is 6.04 Å². The van der Waals surface area contributed by atoms with Crippen LogP contribution in [0, 0.1) is 20.8 Å². The van der Waals surface area contributed by atoms with Crippen LogP contribution in [0.4, 0.5) is 0 Å². The van der Waals surface area contributed by atoms with Gasteiger partial charge in [0.25, 0.3) is 0 Å². The second-order valence-corrected chi connectivity index (χ2v) is 5.87. The molecular formula is C19H21NO. The van der Waals surface area contributed by atoms with E-state index in [-0.39, 0.29) is 6.04 Å². The molecule has 1 atom stereocenters. The third-order valence-corrected chi connectivity index (χ3v) is 4.15. The Bertz CT molecular complexity index is 785. The zero-order valence-electron chi connectivity index (χ0n) is 12.8. The highest BCUT2D eigenvalue weighted by molar-refractivity contribution is 5.81. The Balaban J connectivity index is 1.87. The van der Waals surface area contributed by atoms with Crippen LogP contribution in [0.15, 0.2) is 46.9 Å². The molecule has 0 fully saturated rings. The molecule has 0 spiro atoms. The van der Waals surface area contributed by atoms with Gasteiger partial charge in [-0.3, -0.25) is 0 Å². The Kier molecular flexibility index (Phi) is 3.56. The molecule has 0 saturated carbocycles. The van der Waals surface area contributed by atoms with Crippen LogP contribution in [0.25, 0.3) is 11.0 Å². The van der Waals surface area contributed by atoms with Gasteiger partial charge in [-0.1, -0.05) is 36.4 Å². The minimum atomic E-state index is -0.112. The van der Waals surface area contributed by atoms with E-state index in [2.05, 4.69) is 57.2 Å². The van der Waals surface area contributed by atoms with Gasteiger partial charge in [-0.15, -0.1) is 0 Å². The number of aryl methyl sites for hydroxylation is 3. The number of fused-ring (bicyclic) bond motifs is 1. The predicted molar refractivity (Wildman–Crippen MR) is 87.5 cm³/mol. The lowest BCUT2D eigenvalue weighted by molar-refractivity contribution is 0.493. The Labute approximate surface area is 125 Å². The summed E-state index contributed by atoms with van der Waals surface area (Å²) in [4.78, 5) is 0. The lowest BCUT2D eigenvalue weighted by Gasteiger charge is -2.10. The third kappa shape index (κ3) is 2.72. The van der Waals surface area contributed by atoms with E-state index in [4.69, 9.17) is 10.2 Å².